The van der Waals surface area contributed by atoms with Crippen LogP contribution in [0.1, 0.15) is 0 Å². The summed E-state index contributed by atoms with van der Waals surface area (Å²) in [6.07, 6.45) is 1.50. The predicted octanol–water partition coefficient (Wildman–Crippen LogP) is -0.655. The molecule has 0 radical (unpaired) electrons. The summed E-state index contributed by atoms with van der Waals surface area (Å²) in [4.78, 5) is 18.5. The number of rotatable bonds is 0. The van der Waals surface area contributed by atoms with Gasteiger partial charge in [0.2, 0.25) is 0 Å². The minimum atomic E-state index is -0.151. The molecule has 1 atom stereocenters. The first-order valence-electron chi connectivity index (χ1n) is 4.31. The summed E-state index contributed by atoms with van der Waals surface area (Å²) in [5.41, 5.74) is 0. The van der Waals surface area contributed by atoms with Crippen molar-refractivity contribution in [2.45, 2.75) is 6.04 Å². The molecule has 2 heterocycles. The van der Waals surface area contributed by atoms with Gasteiger partial charge in [0.15, 0.2) is 17.8 Å². The van der Waals surface area contributed by atoms with Crippen LogP contribution < -0.4 is 5.32 Å². The van der Waals surface area contributed by atoms with Crippen LogP contribution in [0.15, 0.2) is 20.0 Å². The maximum Gasteiger partial charge on any atom is 0.200 e. The highest BCUT2D eigenvalue weighted by Crippen LogP contribution is 2.09. The van der Waals surface area contributed by atoms with Crippen molar-refractivity contribution in [1.29, 1.82) is 0 Å². The molecule has 0 aromatic rings. The number of fused-ring (bicyclic) bond motifs is 1. The number of aliphatic imine (C=N–C) groups is 4. The van der Waals surface area contributed by atoms with Gasteiger partial charge in [-0.05, 0) is 0 Å². The molecule has 2 rings (SSSR count). The molecule has 74 valence electrons. The fourth-order valence-corrected chi connectivity index (χ4v) is 1.31. The average molecular weight is 192 g/mol. The Hall–Kier alpha value is -1.72. The van der Waals surface area contributed by atoms with Gasteiger partial charge in [0.25, 0.3) is 0 Å². The van der Waals surface area contributed by atoms with Gasteiger partial charge in [-0.1, -0.05) is 0 Å². The van der Waals surface area contributed by atoms with E-state index >= 15 is 0 Å². The van der Waals surface area contributed by atoms with E-state index in [1.165, 1.54) is 6.34 Å². The quantitative estimate of drug-likeness (QED) is 0.554. The molecule has 0 saturated heterocycles. The third kappa shape index (κ3) is 1.28. The van der Waals surface area contributed by atoms with Gasteiger partial charge >= 0.3 is 0 Å². The molecule has 6 heteroatoms. The number of amidine groups is 2. The van der Waals surface area contributed by atoms with Crippen LogP contribution >= 0.6 is 0 Å². The Bertz CT molecular complexity index is 362. The first-order valence-corrected chi connectivity index (χ1v) is 4.31. The van der Waals surface area contributed by atoms with E-state index in [0.717, 1.165) is 11.8 Å². The molecule has 0 aliphatic carbocycles. The van der Waals surface area contributed by atoms with Gasteiger partial charge in [-0.15, -0.1) is 0 Å². The average Bonchev–Trinajstić information content (AvgIpc) is 2.60. The molecule has 1 N–H and O–H groups in total. The fraction of sp³-hybridized carbons (Fsp3) is 0.500. The Morgan fingerprint density at radius 1 is 1.50 bits per heavy atom. The number of nitrogens with zero attached hydrogens (tertiary/aromatic N) is 5. The second kappa shape index (κ2) is 3.21. The first kappa shape index (κ1) is 8.86. The highest BCUT2D eigenvalue weighted by molar-refractivity contribution is 6.23. The lowest BCUT2D eigenvalue weighted by molar-refractivity contribution is 0.607. The molecule has 0 spiro atoms. The lowest BCUT2D eigenvalue weighted by Gasteiger charge is -2.11. The van der Waals surface area contributed by atoms with E-state index in [9.17, 15) is 0 Å². The van der Waals surface area contributed by atoms with Crippen molar-refractivity contribution in [3.05, 3.63) is 0 Å². The summed E-state index contributed by atoms with van der Waals surface area (Å²) in [7, 11) is 5.56. The van der Waals surface area contributed by atoms with E-state index in [-0.39, 0.29) is 6.04 Å². The summed E-state index contributed by atoms with van der Waals surface area (Å²) in [5, 5.41) is 3.11. The van der Waals surface area contributed by atoms with Gasteiger partial charge < -0.3 is 10.2 Å². The lowest BCUT2D eigenvalue weighted by Crippen LogP contribution is -2.39. The second-order valence-corrected chi connectivity index (χ2v) is 3.22. The van der Waals surface area contributed by atoms with Crippen LogP contribution in [-0.2, 0) is 0 Å². The maximum absolute atomic E-state index is 4.42. The van der Waals surface area contributed by atoms with Gasteiger partial charge in [-0.2, -0.15) is 0 Å². The third-order valence-electron chi connectivity index (χ3n) is 2.03. The van der Waals surface area contributed by atoms with Crippen molar-refractivity contribution in [2.24, 2.45) is 20.0 Å². The molecule has 0 aromatic heterocycles. The van der Waals surface area contributed by atoms with Gasteiger partial charge in [-0.25, -0.2) is 15.0 Å². The zero-order chi connectivity index (χ0) is 10.1. The molecule has 2 aliphatic heterocycles. The smallest absolute Gasteiger partial charge is 0.200 e. The molecule has 0 fully saturated rings. The minimum absolute atomic E-state index is 0.151. The van der Waals surface area contributed by atoms with Crippen molar-refractivity contribution in [2.75, 3.05) is 21.1 Å². The zero-order valence-electron chi connectivity index (χ0n) is 8.39. The van der Waals surface area contributed by atoms with Crippen LogP contribution in [0.25, 0.3) is 0 Å². The molecular weight excluding hydrogens is 180 g/mol. The molecule has 2 aliphatic rings. The molecule has 0 amide bonds. The van der Waals surface area contributed by atoms with E-state index in [2.05, 4.69) is 25.3 Å². The molecule has 0 saturated carbocycles. The normalized spacial score (nSPS) is 26.8. The van der Waals surface area contributed by atoms with Crippen LogP contribution in [0.4, 0.5) is 0 Å². The van der Waals surface area contributed by atoms with Crippen molar-refractivity contribution < 1.29 is 0 Å². The summed E-state index contributed by atoms with van der Waals surface area (Å²) in [5.74, 6) is 2.28. The van der Waals surface area contributed by atoms with Gasteiger partial charge in [-0.3, -0.25) is 4.99 Å². The largest absolute Gasteiger partial charge is 0.349 e. The SMILES string of the molecule is CN=C1N=CN=C2NC(N(C)C)=NC12. The first-order chi connectivity index (χ1) is 6.72. The van der Waals surface area contributed by atoms with E-state index in [0.29, 0.717) is 5.84 Å². The fourth-order valence-electron chi connectivity index (χ4n) is 1.31. The summed E-state index contributed by atoms with van der Waals surface area (Å²) in [6.45, 7) is 0. The summed E-state index contributed by atoms with van der Waals surface area (Å²) >= 11 is 0. The standard InChI is InChI=1S/C8H12N6/c1-9-6-5-7(11-4-10-6)13-8(12-5)14(2)3/h4-5H,1-3H3,(H,9,10,11,12,13). The van der Waals surface area contributed by atoms with Crippen molar-refractivity contribution in [1.82, 2.24) is 10.2 Å². The van der Waals surface area contributed by atoms with Crippen molar-refractivity contribution >= 4 is 24.0 Å². The Kier molecular flexibility index (Phi) is 2.03. The predicted molar refractivity (Wildman–Crippen MR) is 57.3 cm³/mol. The zero-order valence-corrected chi connectivity index (χ0v) is 8.39. The van der Waals surface area contributed by atoms with E-state index < -0.39 is 0 Å². The Balaban J connectivity index is 2.31. The molecule has 0 aromatic carbocycles. The maximum atomic E-state index is 4.42. The van der Waals surface area contributed by atoms with Crippen molar-refractivity contribution in [3.63, 3.8) is 0 Å². The minimum Gasteiger partial charge on any atom is -0.349 e. The Morgan fingerprint density at radius 2 is 2.29 bits per heavy atom. The monoisotopic (exact) mass is 192 g/mol. The second-order valence-electron chi connectivity index (χ2n) is 3.22. The van der Waals surface area contributed by atoms with Gasteiger partial charge in [0.1, 0.15) is 12.2 Å². The van der Waals surface area contributed by atoms with Crippen LogP contribution in [-0.4, -0.2) is 56.1 Å². The van der Waals surface area contributed by atoms with Crippen LogP contribution in [0.5, 0.6) is 0 Å². The van der Waals surface area contributed by atoms with E-state index in [1.807, 2.05) is 19.0 Å². The summed E-state index contributed by atoms with van der Waals surface area (Å²) in [6, 6.07) is -0.151. The molecule has 0 bridgehead atoms. The van der Waals surface area contributed by atoms with Crippen molar-refractivity contribution in [3.8, 4) is 0 Å². The Labute approximate surface area is 82.2 Å². The van der Waals surface area contributed by atoms with E-state index in [4.69, 9.17) is 0 Å². The van der Waals surface area contributed by atoms with E-state index in [1.54, 1.807) is 7.05 Å². The van der Waals surface area contributed by atoms with Gasteiger partial charge in [0.05, 0.1) is 0 Å². The van der Waals surface area contributed by atoms with Gasteiger partial charge in [0, 0.05) is 21.1 Å². The topological polar surface area (TPSA) is 64.7 Å². The third-order valence-corrected chi connectivity index (χ3v) is 2.03. The number of nitrogens with one attached hydrogen (secondary N) is 1. The van der Waals surface area contributed by atoms with Crippen LogP contribution in [0.3, 0.4) is 0 Å². The number of hydrogen-bond donors (Lipinski definition) is 1. The number of guanidine groups is 1. The molecule has 1 unspecified atom stereocenters. The lowest BCUT2D eigenvalue weighted by atomic mass is 10.2. The molecular formula is C8H12N6. The van der Waals surface area contributed by atoms with Crippen LogP contribution in [0, 0.1) is 0 Å². The molecule has 14 heavy (non-hydrogen) atoms. The molecule has 6 nitrogen and oxygen atoms in total. The van der Waals surface area contributed by atoms with Crippen LogP contribution in [0.2, 0.25) is 0 Å². The summed E-state index contributed by atoms with van der Waals surface area (Å²) < 4.78 is 0. The number of hydrogen-bond acceptors (Lipinski definition) is 5. The Morgan fingerprint density at radius 3 is 2.93 bits per heavy atom. The highest BCUT2D eigenvalue weighted by atomic mass is 15.3. The highest BCUT2D eigenvalue weighted by Gasteiger charge is 2.30.